The molecule has 0 aliphatic carbocycles. The molecule has 0 aromatic heterocycles. The molecule has 0 aliphatic heterocycles. The molecular formula is C11H17B4NO3. The standard InChI is InChI=1S/C11H17B4NO3/c1-6(7(16)17)11(14,15)10(13,5-12)8(18)19-9(2,3)4/h6H,5H2,1-4H3,(H2,16,17). The second-order valence-corrected chi connectivity index (χ2v) is 5.73. The summed E-state index contributed by atoms with van der Waals surface area (Å²) in [5, 5.41) is -3.84. The van der Waals surface area contributed by atoms with Crippen molar-refractivity contribution < 1.29 is 14.3 Å². The summed E-state index contributed by atoms with van der Waals surface area (Å²) in [6.45, 7) is 6.36. The second kappa shape index (κ2) is 5.68. The molecule has 1 amide bonds. The molecule has 8 radical (unpaired) electrons. The van der Waals surface area contributed by atoms with E-state index in [1.807, 2.05) is 0 Å². The van der Waals surface area contributed by atoms with Crippen LogP contribution in [-0.4, -0.2) is 48.9 Å². The molecule has 0 aliphatic rings. The first-order chi connectivity index (χ1) is 8.29. The summed E-state index contributed by atoms with van der Waals surface area (Å²) in [7, 11) is 23.1. The summed E-state index contributed by atoms with van der Waals surface area (Å²) >= 11 is 0. The highest BCUT2D eigenvalue weighted by atomic mass is 16.6. The van der Waals surface area contributed by atoms with Crippen molar-refractivity contribution in [2.75, 3.05) is 0 Å². The number of carbonyl (C=O) groups is 2. The number of ether oxygens (including phenoxy) is 1. The monoisotopic (exact) mass is 255 g/mol. The largest absolute Gasteiger partial charge is 0.460 e. The van der Waals surface area contributed by atoms with Gasteiger partial charge in [-0.3, -0.25) is 9.59 Å². The van der Waals surface area contributed by atoms with Crippen molar-refractivity contribution in [1.29, 1.82) is 0 Å². The van der Waals surface area contributed by atoms with E-state index in [-0.39, 0.29) is 6.32 Å². The molecule has 0 spiro atoms. The Morgan fingerprint density at radius 1 is 1.21 bits per heavy atom. The number of hydrogen-bond acceptors (Lipinski definition) is 3. The third-order valence-corrected chi connectivity index (χ3v) is 3.00. The Morgan fingerprint density at radius 2 is 1.63 bits per heavy atom. The highest BCUT2D eigenvalue weighted by Gasteiger charge is 2.49. The molecule has 4 nitrogen and oxygen atoms in total. The van der Waals surface area contributed by atoms with Crippen LogP contribution in [0.3, 0.4) is 0 Å². The van der Waals surface area contributed by atoms with E-state index >= 15 is 0 Å². The van der Waals surface area contributed by atoms with Crippen LogP contribution in [0.4, 0.5) is 0 Å². The minimum Gasteiger partial charge on any atom is -0.460 e. The molecule has 0 aromatic rings. The van der Waals surface area contributed by atoms with Crippen molar-refractivity contribution in [2.24, 2.45) is 11.7 Å². The first-order valence-corrected chi connectivity index (χ1v) is 5.89. The van der Waals surface area contributed by atoms with Crippen LogP contribution in [-0.2, 0) is 14.3 Å². The maximum absolute atomic E-state index is 12.1. The number of amides is 1. The number of carbonyl (C=O) groups excluding carboxylic acids is 2. The van der Waals surface area contributed by atoms with E-state index in [4.69, 9.17) is 41.9 Å². The van der Waals surface area contributed by atoms with E-state index < -0.39 is 33.9 Å². The normalized spacial score (nSPS) is 17.3. The highest BCUT2D eigenvalue weighted by molar-refractivity contribution is 6.51. The molecule has 19 heavy (non-hydrogen) atoms. The molecule has 0 bridgehead atoms. The van der Waals surface area contributed by atoms with E-state index in [9.17, 15) is 9.59 Å². The summed E-state index contributed by atoms with van der Waals surface area (Å²) in [6, 6.07) is 0. The molecule has 2 unspecified atom stereocenters. The average molecular weight is 255 g/mol. The molecule has 0 fully saturated rings. The zero-order valence-corrected chi connectivity index (χ0v) is 11.9. The van der Waals surface area contributed by atoms with Crippen molar-refractivity contribution in [3.8, 4) is 0 Å². The van der Waals surface area contributed by atoms with Crippen LogP contribution in [0.1, 0.15) is 27.7 Å². The summed E-state index contributed by atoms with van der Waals surface area (Å²) in [5.41, 5.74) is 4.36. The summed E-state index contributed by atoms with van der Waals surface area (Å²) < 4.78 is 5.15. The van der Waals surface area contributed by atoms with E-state index in [2.05, 4.69) is 0 Å². The van der Waals surface area contributed by atoms with E-state index in [0.29, 0.717) is 0 Å². The van der Waals surface area contributed by atoms with Gasteiger partial charge in [-0.2, -0.15) is 0 Å². The summed E-state index contributed by atoms with van der Waals surface area (Å²) in [6.07, 6.45) is -0.382. The molecular weight excluding hydrogens is 237 g/mol. The van der Waals surface area contributed by atoms with Crippen LogP contribution in [0, 0.1) is 5.92 Å². The lowest BCUT2D eigenvalue weighted by Crippen LogP contribution is -2.48. The van der Waals surface area contributed by atoms with Crippen molar-refractivity contribution >= 4 is 43.3 Å². The quantitative estimate of drug-likeness (QED) is 0.546. The van der Waals surface area contributed by atoms with Gasteiger partial charge in [-0.15, -0.1) is 0 Å². The fraction of sp³-hybridized carbons (Fsp3) is 0.818. The van der Waals surface area contributed by atoms with Crippen LogP contribution in [0.25, 0.3) is 0 Å². The predicted octanol–water partition coefficient (Wildman–Crippen LogP) is -0.183. The van der Waals surface area contributed by atoms with Gasteiger partial charge < -0.3 is 10.5 Å². The van der Waals surface area contributed by atoms with Gasteiger partial charge in [0.25, 0.3) is 0 Å². The molecule has 0 heterocycles. The van der Waals surface area contributed by atoms with Crippen LogP contribution in [0.2, 0.25) is 16.8 Å². The minimum atomic E-state index is -1.92. The Balaban J connectivity index is 5.47. The Labute approximate surface area is 120 Å². The smallest absolute Gasteiger partial charge is 0.301 e. The van der Waals surface area contributed by atoms with Gasteiger partial charge in [0.1, 0.15) is 5.60 Å². The Hall–Kier alpha value is -0.800. The molecule has 0 saturated carbocycles. The molecule has 0 aromatic carbocycles. The van der Waals surface area contributed by atoms with Gasteiger partial charge >= 0.3 is 5.97 Å². The lowest BCUT2D eigenvalue weighted by molar-refractivity contribution is -0.159. The lowest BCUT2D eigenvalue weighted by atomic mass is 9.30. The number of nitrogens with two attached hydrogens (primary N) is 1. The van der Waals surface area contributed by atoms with Crippen molar-refractivity contribution in [2.45, 2.75) is 50.1 Å². The number of esters is 1. The fourth-order valence-corrected chi connectivity index (χ4v) is 1.43. The molecule has 0 rings (SSSR count). The first-order valence-electron chi connectivity index (χ1n) is 5.89. The fourth-order valence-electron chi connectivity index (χ4n) is 1.43. The second-order valence-electron chi connectivity index (χ2n) is 5.73. The van der Waals surface area contributed by atoms with Gasteiger partial charge in [0.2, 0.25) is 5.91 Å². The van der Waals surface area contributed by atoms with Gasteiger partial charge in [-0.05, 0) is 20.8 Å². The lowest BCUT2D eigenvalue weighted by Gasteiger charge is -2.47. The van der Waals surface area contributed by atoms with Gasteiger partial charge in [0, 0.05) is 11.2 Å². The molecule has 0 saturated heterocycles. The van der Waals surface area contributed by atoms with Gasteiger partial charge in [-0.25, -0.2) is 0 Å². The molecule has 2 atom stereocenters. The highest BCUT2D eigenvalue weighted by Crippen LogP contribution is 2.53. The Kier molecular flexibility index (Phi) is 5.44. The number of primary amides is 1. The molecule has 2 N–H and O–H groups in total. The predicted molar refractivity (Wildman–Crippen MR) is 77.4 cm³/mol. The number of hydrogen-bond donors (Lipinski definition) is 1. The Bertz CT molecular complexity index is 367. The summed E-state index contributed by atoms with van der Waals surface area (Å²) in [4.78, 5) is 23.4. The van der Waals surface area contributed by atoms with Crippen molar-refractivity contribution in [3.05, 3.63) is 0 Å². The van der Waals surface area contributed by atoms with E-state index in [1.54, 1.807) is 20.8 Å². The average Bonchev–Trinajstić information content (AvgIpc) is 2.23. The maximum Gasteiger partial charge on any atom is 0.301 e. The van der Waals surface area contributed by atoms with Crippen LogP contribution in [0.15, 0.2) is 0 Å². The summed E-state index contributed by atoms with van der Waals surface area (Å²) in [5.74, 6) is -2.72. The van der Waals surface area contributed by atoms with Crippen LogP contribution >= 0.6 is 0 Å². The minimum absolute atomic E-state index is 0.382. The zero-order chi connectivity index (χ0) is 15.6. The maximum atomic E-state index is 12.1. The molecule has 96 valence electrons. The van der Waals surface area contributed by atoms with Crippen molar-refractivity contribution in [1.82, 2.24) is 0 Å². The number of rotatable bonds is 5. The van der Waals surface area contributed by atoms with E-state index in [1.165, 1.54) is 6.92 Å². The van der Waals surface area contributed by atoms with Gasteiger partial charge in [0.05, 0.1) is 31.4 Å². The third-order valence-electron chi connectivity index (χ3n) is 3.00. The zero-order valence-electron chi connectivity index (χ0n) is 11.9. The van der Waals surface area contributed by atoms with Crippen LogP contribution < -0.4 is 5.73 Å². The van der Waals surface area contributed by atoms with Gasteiger partial charge in [0.15, 0.2) is 0 Å². The van der Waals surface area contributed by atoms with Crippen molar-refractivity contribution in [3.63, 3.8) is 0 Å². The van der Waals surface area contributed by atoms with Crippen LogP contribution in [0.5, 0.6) is 0 Å². The van der Waals surface area contributed by atoms with E-state index in [0.717, 1.165) is 0 Å². The third kappa shape index (κ3) is 3.83. The Morgan fingerprint density at radius 3 is 1.89 bits per heavy atom. The van der Waals surface area contributed by atoms with Gasteiger partial charge in [-0.1, -0.05) is 18.5 Å². The molecule has 8 heteroatoms. The topological polar surface area (TPSA) is 69.4 Å². The SMILES string of the molecule is [B]CC([B])(C(=O)OC(C)(C)C)C([B])([B])C(C)C(N)=O. The first kappa shape index (κ1) is 18.2.